The predicted molar refractivity (Wildman–Crippen MR) is 76.4 cm³/mol. The van der Waals surface area contributed by atoms with Crippen molar-refractivity contribution in [2.24, 2.45) is 0 Å². The first-order chi connectivity index (χ1) is 8.61. The van der Waals surface area contributed by atoms with E-state index in [0.29, 0.717) is 6.54 Å². The summed E-state index contributed by atoms with van der Waals surface area (Å²) in [7, 11) is 1.41. The van der Waals surface area contributed by atoms with Crippen LogP contribution in [-0.2, 0) is 16.1 Å². The average molecular weight is 312 g/mol. The molecule has 98 valence electrons. The number of hydrogen-bond donors (Lipinski definition) is 0. The van der Waals surface area contributed by atoms with Gasteiger partial charge in [0.2, 0.25) is 0 Å². The zero-order valence-electron chi connectivity index (χ0n) is 10.6. The Balaban J connectivity index is 2.58. The Labute approximate surface area is 117 Å². The van der Waals surface area contributed by atoms with E-state index in [2.05, 4.69) is 22.5 Å². The predicted octanol–water partition coefficient (Wildman–Crippen LogP) is 2.96. The Bertz CT molecular complexity index is 392. The molecular formula is C14H18BrNO2. The third kappa shape index (κ3) is 5.98. The first-order valence-corrected chi connectivity index (χ1v) is 6.57. The van der Waals surface area contributed by atoms with Gasteiger partial charge in [0.05, 0.1) is 13.7 Å². The van der Waals surface area contributed by atoms with Gasteiger partial charge in [-0.05, 0) is 16.5 Å². The van der Waals surface area contributed by atoms with Crippen molar-refractivity contribution in [3.63, 3.8) is 0 Å². The molecule has 1 rings (SSSR count). The van der Waals surface area contributed by atoms with Crippen molar-refractivity contribution in [3.8, 4) is 0 Å². The largest absolute Gasteiger partial charge is 0.468 e. The van der Waals surface area contributed by atoms with Crippen molar-refractivity contribution in [2.45, 2.75) is 13.0 Å². The van der Waals surface area contributed by atoms with Crippen molar-refractivity contribution in [2.75, 3.05) is 20.2 Å². The van der Waals surface area contributed by atoms with Crippen LogP contribution in [0.15, 0.2) is 41.4 Å². The molecule has 1 aromatic carbocycles. The summed E-state index contributed by atoms with van der Waals surface area (Å²) < 4.78 is 5.65. The number of rotatable bonds is 7. The standard InChI is InChI=1S/C14H18BrNO2/c1-12(15)8-9-16(11-14(17)18-2)10-13-6-4-3-5-7-13/h3-7H,1,8-11H2,2H3. The molecule has 0 saturated carbocycles. The fourth-order valence-electron chi connectivity index (χ4n) is 1.58. The van der Waals surface area contributed by atoms with Gasteiger partial charge in [0, 0.05) is 13.1 Å². The molecule has 0 aromatic heterocycles. The van der Waals surface area contributed by atoms with E-state index in [-0.39, 0.29) is 5.97 Å². The molecule has 0 aliphatic carbocycles. The van der Waals surface area contributed by atoms with Gasteiger partial charge < -0.3 is 4.74 Å². The van der Waals surface area contributed by atoms with Gasteiger partial charge in [0.1, 0.15) is 0 Å². The van der Waals surface area contributed by atoms with E-state index >= 15 is 0 Å². The van der Waals surface area contributed by atoms with Gasteiger partial charge in [-0.1, -0.05) is 52.8 Å². The number of esters is 1. The molecule has 0 heterocycles. The minimum Gasteiger partial charge on any atom is -0.468 e. The highest BCUT2D eigenvalue weighted by Crippen LogP contribution is 2.10. The highest BCUT2D eigenvalue weighted by Gasteiger charge is 2.11. The molecule has 0 radical (unpaired) electrons. The van der Waals surface area contributed by atoms with Crippen LogP contribution in [0.2, 0.25) is 0 Å². The second-order valence-electron chi connectivity index (χ2n) is 4.04. The molecule has 0 atom stereocenters. The van der Waals surface area contributed by atoms with Crippen LogP contribution in [0.25, 0.3) is 0 Å². The van der Waals surface area contributed by atoms with E-state index in [0.717, 1.165) is 24.0 Å². The number of methoxy groups -OCH3 is 1. The Kier molecular flexibility index (Phi) is 6.68. The number of benzene rings is 1. The number of nitrogens with zero attached hydrogens (tertiary/aromatic N) is 1. The van der Waals surface area contributed by atoms with Crippen LogP contribution in [0.4, 0.5) is 0 Å². The van der Waals surface area contributed by atoms with E-state index in [1.54, 1.807) is 0 Å². The van der Waals surface area contributed by atoms with Gasteiger partial charge in [0.25, 0.3) is 0 Å². The molecule has 3 nitrogen and oxygen atoms in total. The summed E-state index contributed by atoms with van der Waals surface area (Å²) in [6, 6.07) is 10.1. The van der Waals surface area contributed by atoms with Crippen LogP contribution in [-0.4, -0.2) is 31.1 Å². The van der Waals surface area contributed by atoms with E-state index in [1.165, 1.54) is 12.7 Å². The minimum atomic E-state index is -0.217. The monoisotopic (exact) mass is 311 g/mol. The highest BCUT2D eigenvalue weighted by molar-refractivity contribution is 9.11. The maximum absolute atomic E-state index is 11.4. The lowest BCUT2D eigenvalue weighted by atomic mass is 10.2. The quantitative estimate of drug-likeness (QED) is 0.725. The number of carbonyl (C=O) groups excluding carboxylic acids is 1. The van der Waals surface area contributed by atoms with Gasteiger partial charge in [-0.2, -0.15) is 0 Å². The summed E-state index contributed by atoms with van der Waals surface area (Å²) in [5.74, 6) is -0.217. The van der Waals surface area contributed by atoms with Crippen LogP contribution < -0.4 is 0 Å². The van der Waals surface area contributed by atoms with Crippen LogP contribution in [0.1, 0.15) is 12.0 Å². The fourth-order valence-corrected chi connectivity index (χ4v) is 1.76. The highest BCUT2D eigenvalue weighted by atomic mass is 79.9. The first-order valence-electron chi connectivity index (χ1n) is 5.78. The van der Waals surface area contributed by atoms with Gasteiger partial charge in [-0.15, -0.1) is 0 Å². The molecular weight excluding hydrogens is 294 g/mol. The molecule has 18 heavy (non-hydrogen) atoms. The molecule has 0 unspecified atom stereocenters. The summed E-state index contributed by atoms with van der Waals surface area (Å²) in [5.41, 5.74) is 1.18. The molecule has 0 saturated heterocycles. The van der Waals surface area contributed by atoms with Crippen molar-refractivity contribution in [3.05, 3.63) is 47.0 Å². The number of halogens is 1. The van der Waals surface area contributed by atoms with Crippen LogP contribution in [0, 0.1) is 0 Å². The van der Waals surface area contributed by atoms with Gasteiger partial charge in [-0.25, -0.2) is 0 Å². The molecule has 1 aromatic rings. The SMILES string of the molecule is C=C(Br)CCN(CC(=O)OC)Cc1ccccc1. The fraction of sp³-hybridized carbons (Fsp3) is 0.357. The lowest BCUT2D eigenvalue weighted by molar-refractivity contribution is -0.142. The number of carbonyl (C=O) groups is 1. The summed E-state index contributed by atoms with van der Waals surface area (Å²) in [4.78, 5) is 13.4. The summed E-state index contributed by atoms with van der Waals surface area (Å²) in [6.07, 6.45) is 0.809. The van der Waals surface area contributed by atoms with E-state index in [9.17, 15) is 4.79 Å². The molecule has 0 bridgehead atoms. The van der Waals surface area contributed by atoms with Crippen molar-refractivity contribution in [1.29, 1.82) is 0 Å². The van der Waals surface area contributed by atoms with E-state index in [4.69, 9.17) is 4.74 Å². The second kappa shape index (κ2) is 8.06. The Morgan fingerprint density at radius 1 is 1.39 bits per heavy atom. The molecule has 4 heteroatoms. The lowest BCUT2D eigenvalue weighted by Crippen LogP contribution is -2.31. The Hall–Kier alpha value is -1.13. The number of hydrogen-bond acceptors (Lipinski definition) is 3. The first kappa shape index (κ1) is 14.9. The molecule has 0 amide bonds. The average Bonchev–Trinajstić information content (AvgIpc) is 2.37. The molecule has 0 spiro atoms. The normalized spacial score (nSPS) is 10.4. The zero-order valence-corrected chi connectivity index (χ0v) is 12.1. The van der Waals surface area contributed by atoms with Crippen LogP contribution >= 0.6 is 15.9 Å². The molecule has 0 fully saturated rings. The van der Waals surface area contributed by atoms with Crippen molar-refractivity contribution in [1.82, 2.24) is 4.90 Å². The van der Waals surface area contributed by atoms with Gasteiger partial charge in [0.15, 0.2) is 0 Å². The van der Waals surface area contributed by atoms with Crippen LogP contribution in [0.3, 0.4) is 0 Å². The van der Waals surface area contributed by atoms with E-state index in [1.807, 2.05) is 35.2 Å². The smallest absolute Gasteiger partial charge is 0.319 e. The lowest BCUT2D eigenvalue weighted by Gasteiger charge is -2.20. The Morgan fingerprint density at radius 2 is 2.06 bits per heavy atom. The third-order valence-corrected chi connectivity index (χ3v) is 2.93. The van der Waals surface area contributed by atoms with Crippen LogP contribution in [0.5, 0.6) is 0 Å². The van der Waals surface area contributed by atoms with Crippen molar-refractivity contribution < 1.29 is 9.53 Å². The van der Waals surface area contributed by atoms with Gasteiger partial charge in [-0.3, -0.25) is 9.69 Å². The molecule has 0 N–H and O–H groups in total. The summed E-state index contributed by atoms with van der Waals surface area (Å²) in [5, 5.41) is 0. The van der Waals surface area contributed by atoms with Crippen molar-refractivity contribution >= 4 is 21.9 Å². The maximum Gasteiger partial charge on any atom is 0.319 e. The molecule has 0 aliphatic heterocycles. The molecule has 0 aliphatic rings. The van der Waals surface area contributed by atoms with Gasteiger partial charge >= 0.3 is 5.97 Å². The zero-order chi connectivity index (χ0) is 13.4. The summed E-state index contributed by atoms with van der Waals surface area (Å²) >= 11 is 3.33. The third-order valence-electron chi connectivity index (χ3n) is 2.53. The maximum atomic E-state index is 11.4. The van der Waals surface area contributed by atoms with E-state index < -0.39 is 0 Å². The summed E-state index contributed by atoms with van der Waals surface area (Å²) in [6.45, 7) is 5.61. The topological polar surface area (TPSA) is 29.5 Å². The minimum absolute atomic E-state index is 0.217. The number of ether oxygens (including phenoxy) is 1. The second-order valence-corrected chi connectivity index (χ2v) is 5.16. The Morgan fingerprint density at radius 3 is 2.61 bits per heavy atom.